The third-order valence-electron chi connectivity index (χ3n) is 3.28. The molecule has 0 atom stereocenters. The molecule has 1 aromatic heterocycles. The standard InChI is InChI=1S/C13H18N4O3/c1-13(2)8-20-6-5-17(13)12(18)10-4-3-9(7-15-10)11(14)16-19/h3-4,7,19H,5-6,8H2,1-2H3,(H2,14,16). The number of hydrogen-bond donors (Lipinski definition) is 2. The lowest BCUT2D eigenvalue weighted by atomic mass is 10.0. The van der Waals surface area contributed by atoms with Crippen LogP contribution in [0, 0.1) is 0 Å². The first-order chi connectivity index (χ1) is 9.45. The maximum atomic E-state index is 12.5. The quantitative estimate of drug-likeness (QED) is 0.353. The van der Waals surface area contributed by atoms with Gasteiger partial charge in [0, 0.05) is 18.3 Å². The smallest absolute Gasteiger partial charge is 0.273 e. The lowest BCUT2D eigenvalue weighted by Crippen LogP contribution is -2.55. The van der Waals surface area contributed by atoms with E-state index in [4.69, 9.17) is 15.7 Å². The third-order valence-corrected chi connectivity index (χ3v) is 3.28. The van der Waals surface area contributed by atoms with Gasteiger partial charge in [-0.15, -0.1) is 0 Å². The highest BCUT2D eigenvalue weighted by Gasteiger charge is 2.35. The normalized spacial score (nSPS) is 18.9. The number of rotatable bonds is 2. The van der Waals surface area contributed by atoms with Crippen LogP contribution in [-0.4, -0.2) is 52.1 Å². The van der Waals surface area contributed by atoms with Crippen LogP contribution in [0.1, 0.15) is 29.9 Å². The zero-order valence-corrected chi connectivity index (χ0v) is 11.5. The number of oxime groups is 1. The van der Waals surface area contributed by atoms with Crippen LogP contribution >= 0.6 is 0 Å². The molecule has 7 nitrogen and oxygen atoms in total. The first-order valence-electron chi connectivity index (χ1n) is 6.29. The second-order valence-electron chi connectivity index (χ2n) is 5.24. The number of carbonyl (C=O) groups is 1. The average Bonchev–Trinajstić information content (AvgIpc) is 2.45. The van der Waals surface area contributed by atoms with Gasteiger partial charge >= 0.3 is 0 Å². The van der Waals surface area contributed by atoms with Crippen molar-refractivity contribution in [2.24, 2.45) is 10.9 Å². The molecule has 20 heavy (non-hydrogen) atoms. The van der Waals surface area contributed by atoms with Crippen molar-refractivity contribution < 1.29 is 14.7 Å². The van der Waals surface area contributed by atoms with Gasteiger partial charge in [0.1, 0.15) is 5.69 Å². The molecule has 2 rings (SSSR count). The highest BCUT2D eigenvalue weighted by molar-refractivity contribution is 5.98. The van der Waals surface area contributed by atoms with E-state index in [0.717, 1.165) is 0 Å². The maximum absolute atomic E-state index is 12.5. The van der Waals surface area contributed by atoms with Crippen molar-refractivity contribution in [1.29, 1.82) is 0 Å². The summed E-state index contributed by atoms with van der Waals surface area (Å²) in [4.78, 5) is 18.3. The second kappa shape index (κ2) is 5.46. The van der Waals surface area contributed by atoms with E-state index in [2.05, 4.69) is 10.1 Å². The van der Waals surface area contributed by atoms with Crippen LogP contribution in [0.4, 0.5) is 0 Å². The molecule has 0 bridgehead atoms. The fraction of sp³-hybridized carbons (Fsp3) is 0.462. The molecule has 1 aliphatic rings. The van der Waals surface area contributed by atoms with Gasteiger partial charge in [-0.3, -0.25) is 9.78 Å². The number of amides is 1. The fourth-order valence-electron chi connectivity index (χ4n) is 2.10. The Labute approximate surface area is 117 Å². The highest BCUT2D eigenvalue weighted by atomic mass is 16.5. The number of carbonyl (C=O) groups excluding carboxylic acids is 1. The number of pyridine rings is 1. The maximum Gasteiger partial charge on any atom is 0.273 e. The van der Waals surface area contributed by atoms with E-state index in [1.165, 1.54) is 6.20 Å². The summed E-state index contributed by atoms with van der Waals surface area (Å²) in [6, 6.07) is 3.17. The minimum absolute atomic E-state index is 0.0387. The van der Waals surface area contributed by atoms with Gasteiger partial charge in [-0.1, -0.05) is 5.16 Å². The number of nitrogens with two attached hydrogens (primary N) is 1. The Morgan fingerprint density at radius 2 is 2.30 bits per heavy atom. The number of morpholine rings is 1. The van der Waals surface area contributed by atoms with Crippen molar-refractivity contribution in [1.82, 2.24) is 9.88 Å². The van der Waals surface area contributed by atoms with E-state index in [1.807, 2.05) is 13.8 Å². The Balaban J connectivity index is 2.21. The summed E-state index contributed by atoms with van der Waals surface area (Å²) >= 11 is 0. The van der Waals surface area contributed by atoms with Crippen LogP contribution in [0.25, 0.3) is 0 Å². The van der Waals surface area contributed by atoms with E-state index < -0.39 is 0 Å². The van der Waals surface area contributed by atoms with Gasteiger partial charge in [0.25, 0.3) is 5.91 Å². The number of ether oxygens (including phenoxy) is 1. The minimum atomic E-state index is -0.360. The van der Waals surface area contributed by atoms with Gasteiger partial charge in [0.2, 0.25) is 0 Å². The van der Waals surface area contributed by atoms with Gasteiger partial charge in [0.15, 0.2) is 5.84 Å². The largest absolute Gasteiger partial charge is 0.409 e. The van der Waals surface area contributed by atoms with Crippen molar-refractivity contribution in [2.45, 2.75) is 19.4 Å². The van der Waals surface area contributed by atoms with Crippen LogP contribution in [0.3, 0.4) is 0 Å². The number of hydrogen-bond acceptors (Lipinski definition) is 5. The summed E-state index contributed by atoms with van der Waals surface area (Å²) in [5.41, 5.74) is 5.89. The Hall–Kier alpha value is -2.15. The number of aromatic nitrogens is 1. The molecule has 3 N–H and O–H groups in total. The van der Waals surface area contributed by atoms with E-state index >= 15 is 0 Å². The third kappa shape index (κ3) is 2.72. The molecule has 0 spiro atoms. The zero-order chi connectivity index (χ0) is 14.8. The molecule has 1 saturated heterocycles. The summed E-state index contributed by atoms with van der Waals surface area (Å²) in [6.07, 6.45) is 1.41. The number of amidine groups is 1. The van der Waals surface area contributed by atoms with Gasteiger partial charge in [-0.2, -0.15) is 0 Å². The van der Waals surface area contributed by atoms with Crippen LogP contribution < -0.4 is 5.73 Å². The summed E-state index contributed by atoms with van der Waals surface area (Å²) in [6.45, 7) is 5.47. The Bertz CT molecular complexity index is 525. The molecular weight excluding hydrogens is 260 g/mol. The van der Waals surface area contributed by atoms with Gasteiger partial charge in [-0.05, 0) is 26.0 Å². The van der Waals surface area contributed by atoms with Gasteiger partial charge in [-0.25, -0.2) is 0 Å². The van der Waals surface area contributed by atoms with Crippen molar-refractivity contribution in [2.75, 3.05) is 19.8 Å². The van der Waals surface area contributed by atoms with Crippen molar-refractivity contribution >= 4 is 11.7 Å². The minimum Gasteiger partial charge on any atom is -0.409 e. The van der Waals surface area contributed by atoms with E-state index in [9.17, 15) is 4.79 Å². The van der Waals surface area contributed by atoms with Crippen LogP contribution in [0.5, 0.6) is 0 Å². The average molecular weight is 278 g/mol. The lowest BCUT2D eigenvalue weighted by molar-refractivity contribution is -0.0373. The highest BCUT2D eigenvalue weighted by Crippen LogP contribution is 2.21. The van der Waals surface area contributed by atoms with E-state index in [1.54, 1.807) is 17.0 Å². The topological polar surface area (TPSA) is 101 Å². The Morgan fingerprint density at radius 1 is 1.55 bits per heavy atom. The summed E-state index contributed by atoms with van der Waals surface area (Å²) in [5.74, 6) is -0.187. The van der Waals surface area contributed by atoms with Crippen LogP contribution in [0.15, 0.2) is 23.5 Å². The molecule has 1 aromatic rings. The Kier molecular flexibility index (Phi) is 3.89. The molecule has 0 aliphatic carbocycles. The molecule has 2 heterocycles. The summed E-state index contributed by atoms with van der Waals surface area (Å²) < 4.78 is 5.39. The van der Waals surface area contributed by atoms with Gasteiger partial charge in [0.05, 0.1) is 18.8 Å². The Morgan fingerprint density at radius 3 is 2.85 bits per heavy atom. The molecular formula is C13H18N4O3. The first-order valence-corrected chi connectivity index (χ1v) is 6.29. The van der Waals surface area contributed by atoms with Crippen molar-refractivity contribution in [3.8, 4) is 0 Å². The van der Waals surface area contributed by atoms with E-state index in [-0.39, 0.29) is 17.3 Å². The molecule has 108 valence electrons. The monoisotopic (exact) mass is 278 g/mol. The predicted molar refractivity (Wildman–Crippen MR) is 72.7 cm³/mol. The molecule has 0 unspecified atom stereocenters. The van der Waals surface area contributed by atoms with Crippen molar-refractivity contribution in [3.05, 3.63) is 29.6 Å². The van der Waals surface area contributed by atoms with Crippen LogP contribution in [-0.2, 0) is 4.74 Å². The molecule has 1 fully saturated rings. The lowest BCUT2D eigenvalue weighted by Gasteiger charge is -2.41. The molecule has 0 aromatic carbocycles. The fourth-order valence-corrected chi connectivity index (χ4v) is 2.10. The molecule has 1 aliphatic heterocycles. The molecule has 1 amide bonds. The predicted octanol–water partition coefficient (Wildman–Crippen LogP) is 0.427. The summed E-state index contributed by atoms with van der Waals surface area (Å²) in [5, 5.41) is 11.5. The van der Waals surface area contributed by atoms with E-state index in [0.29, 0.717) is 31.0 Å². The zero-order valence-electron chi connectivity index (χ0n) is 11.5. The second-order valence-corrected chi connectivity index (χ2v) is 5.24. The number of nitrogens with zero attached hydrogens (tertiary/aromatic N) is 3. The van der Waals surface area contributed by atoms with Crippen molar-refractivity contribution in [3.63, 3.8) is 0 Å². The summed E-state index contributed by atoms with van der Waals surface area (Å²) in [7, 11) is 0. The molecule has 0 radical (unpaired) electrons. The van der Waals surface area contributed by atoms with Gasteiger partial charge < -0.3 is 20.6 Å². The first kappa shape index (κ1) is 14.3. The SMILES string of the molecule is CC1(C)COCCN1C(=O)c1ccc(C(N)=NO)cn1. The van der Waals surface area contributed by atoms with Crippen LogP contribution in [0.2, 0.25) is 0 Å². The molecule has 0 saturated carbocycles. The molecule has 7 heteroatoms.